The molecule has 0 saturated heterocycles. The van der Waals surface area contributed by atoms with Gasteiger partial charge in [0, 0.05) is 6.42 Å². The molecule has 0 heterocycles. The number of carbonyl (C=O) groups is 1. The van der Waals surface area contributed by atoms with E-state index in [1.54, 1.807) is 0 Å². The summed E-state index contributed by atoms with van der Waals surface area (Å²) in [5.41, 5.74) is 0. The van der Waals surface area contributed by atoms with Crippen molar-refractivity contribution in [3.63, 3.8) is 0 Å². The van der Waals surface area contributed by atoms with E-state index in [1.165, 1.54) is 31.4 Å². The van der Waals surface area contributed by atoms with E-state index in [4.69, 9.17) is 0 Å². The summed E-state index contributed by atoms with van der Waals surface area (Å²) < 4.78 is 0. The standard InChI is InChI=1S/C9H18OS/c1-2-3-4-5-8-11-9-6-7-10/h7H,2-6,8-9H2,1H3. The summed E-state index contributed by atoms with van der Waals surface area (Å²) >= 11 is 1.90. The third kappa shape index (κ3) is 10.0. The first kappa shape index (κ1) is 11.0. The average Bonchev–Trinajstić information content (AvgIpc) is 2.03. The lowest BCUT2D eigenvalue weighted by atomic mass is 10.2. The minimum absolute atomic E-state index is 0.721. The molecular formula is C9H18OS. The molecular weight excluding hydrogens is 156 g/mol. The Morgan fingerprint density at radius 3 is 2.64 bits per heavy atom. The van der Waals surface area contributed by atoms with E-state index in [2.05, 4.69) is 6.92 Å². The Morgan fingerprint density at radius 1 is 1.18 bits per heavy atom. The molecule has 0 spiro atoms. The molecule has 1 nitrogen and oxygen atoms in total. The lowest BCUT2D eigenvalue weighted by Crippen LogP contribution is -1.84. The van der Waals surface area contributed by atoms with E-state index >= 15 is 0 Å². The van der Waals surface area contributed by atoms with Crippen LogP contribution in [0.4, 0.5) is 0 Å². The second kappa shape index (κ2) is 10.0. The van der Waals surface area contributed by atoms with Crippen molar-refractivity contribution in [1.29, 1.82) is 0 Å². The highest BCUT2D eigenvalue weighted by Gasteiger charge is 1.89. The molecule has 0 aliphatic rings. The number of thioether (sulfide) groups is 1. The van der Waals surface area contributed by atoms with Crippen molar-refractivity contribution in [3.8, 4) is 0 Å². The Kier molecular flexibility index (Phi) is 10.0. The van der Waals surface area contributed by atoms with Crippen LogP contribution in [0.15, 0.2) is 0 Å². The van der Waals surface area contributed by atoms with Crippen LogP contribution in [0.25, 0.3) is 0 Å². The zero-order valence-corrected chi connectivity index (χ0v) is 8.16. The highest BCUT2D eigenvalue weighted by molar-refractivity contribution is 7.99. The summed E-state index contributed by atoms with van der Waals surface area (Å²) in [7, 11) is 0. The monoisotopic (exact) mass is 174 g/mol. The number of rotatable bonds is 8. The number of unbranched alkanes of at least 4 members (excludes halogenated alkanes) is 3. The maximum atomic E-state index is 9.93. The minimum atomic E-state index is 0.721. The van der Waals surface area contributed by atoms with Gasteiger partial charge in [-0.3, -0.25) is 0 Å². The zero-order chi connectivity index (χ0) is 8.36. The van der Waals surface area contributed by atoms with Gasteiger partial charge in [0.2, 0.25) is 0 Å². The molecule has 11 heavy (non-hydrogen) atoms. The van der Waals surface area contributed by atoms with Gasteiger partial charge < -0.3 is 4.79 Å². The molecule has 0 N–H and O–H groups in total. The van der Waals surface area contributed by atoms with Crippen molar-refractivity contribution in [3.05, 3.63) is 0 Å². The van der Waals surface area contributed by atoms with E-state index in [0.29, 0.717) is 0 Å². The third-order valence-electron chi connectivity index (χ3n) is 1.52. The molecule has 0 aromatic heterocycles. The molecule has 0 aromatic carbocycles. The van der Waals surface area contributed by atoms with E-state index in [0.717, 1.165) is 18.5 Å². The van der Waals surface area contributed by atoms with Crippen LogP contribution in [0.2, 0.25) is 0 Å². The maximum Gasteiger partial charge on any atom is 0.120 e. The van der Waals surface area contributed by atoms with Crippen molar-refractivity contribution >= 4 is 18.0 Å². The zero-order valence-electron chi connectivity index (χ0n) is 7.34. The summed E-state index contributed by atoms with van der Waals surface area (Å²) in [6, 6.07) is 0. The molecule has 0 amide bonds. The van der Waals surface area contributed by atoms with Crippen molar-refractivity contribution in [2.24, 2.45) is 0 Å². The molecule has 0 rings (SSSR count). The van der Waals surface area contributed by atoms with Crippen molar-refractivity contribution in [2.75, 3.05) is 11.5 Å². The van der Waals surface area contributed by atoms with Crippen LogP contribution >= 0.6 is 11.8 Å². The lowest BCUT2D eigenvalue weighted by Gasteiger charge is -1.97. The minimum Gasteiger partial charge on any atom is -0.303 e. The molecule has 0 saturated carbocycles. The van der Waals surface area contributed by atoms with Gasteiger partial charge in [-0.1, -0.05) is 26.2 Å². The van der Waals surface area contributed by atoms with Crippen molar-refractivity contribution in [1.82, 2.24) is 0 Å². The Bertz CT molecular complexity index is 83.6. The average molecular weight is 174 g/mol. The van der Waals surface area contributed by atoms with Crippen LogP contribution in [0.5, 0.6) is 0 Å². The van der Waals surface area contributed by atoms with Gasteiger partial charge in [0.05, 0.1) is 0 Å². The third-order valence-corrected chi connectivity index (χ3v) is 2.62. The van der Waals surface area contributed by atoms with Crippen molar-refractivity contribution in [2.45, 2.75) is 39.0 Å². The van der Waals surface area contributed by atoms with E-state index in [9.17, 15) is 4.79 Å². The molecule has 0 aliphatic heterocycles. The van der Waals surface area contributed by atoms with Gasteiger partial charge in [-0.05, 0) is 17.9 Å². The lowest BCUT2D eigenvalue weighted by molar-refractivity contribution is -0.107. The predicted octanol–water partition coefficient (Wildman–Crippen LogP) is 2.89. The quantitative estimate of drug-likeness (QED) is 0.416. The highest BCUT2D eigenvalue weighted by atomic mass is 32.2. The first-order valence-corrected chi connectivity index (χ1v) is 5.58. The van der Waals surface area contributed by atoms with Crippen LogP contribution in [0.3, 0.4) is 0 Å². The van der Waals surface area contributed by atoms with Gasteiger partial charge in [0.25, 0.3) is 0 Å². The van der Waals surface area contributed by atoms with E-state index in [-0.39, 0.29) is 0 Å². The Hall–Kier alpha value is 0.0200. The molecule has 0 radical (unpaired) electrons. The fraction of sp³-hybridized carbons (Fsp3) is 0.889. The van der Waals surface area contributed by atoms with Crippen molar-refractivity contribution < 1.29 is 4.79 Å². The van der Waals surface area contributed by atoms with Gasteiger partial charge in [-0.15, -0.1) is 0 Å². The number of carbonyl (C=O) groups excluding carboxylic acids is 1. The molecule has 0 bridgehead atoms. The van der Waals surface area contributed by atoms with E-state index in [1.807, 2.05) is 11.8 Å². The Morgan fingerprint density at radius 2 is 2.00 bits per heavy atom. The van der Waals surface area contributed by atoms with Gasteiger partial charge in [0.15, 0.2) is 0 Å². The predicted molar refractivity (Wildman–Crippen MR) is 52.1 cm³/mol. The summed E-state index contributed by atoms with van der Waals surface area (Å²) in [5.74, 6) is 2.24. The number of hydrogen-bond donors (Lipinski definition) is 0. The van der Waals surface area contributed by atoms with Crippen LogP contribution in [0.1, 0.15) is 39.0 Å². The second-order valence-corrected chi connectivity index (χ2v) is 3.85. The molecule has 0 aliphatic carbocycles. The SMILES string of the molecule is CCCCCCSCCC=O. The van der Waals surface area contributed by atoms with Gasteiger partial charge in [-0.2, -0.15) is 11.8 Å². The van der Waals surface area contributed by atoms with Gasteiger partial charge in [0.1, 0.15) is 6.29 Å². The molecule has 2 heteroatoms. The Balaban J connectivity index is 2.74. The van der Waals surface area contributed by atoms with E-state index < -0.39 is 0 Å². The first-order valence-electron chi connectivity index (χ1n) is 4.43. The fourth-order valence-corrected chi connectivity index (χ4v) is 1.74. The Labute approximate surface area is 73.9 Å². The second-order valence-electron chi connectivity index (χ2n) is 2.63. The summed E-state index contributed by atoms with van der Waals surface area (Å²) in [6.45, 7) is 2.22. The summed E-state index contributed by atoms with van der Waals surface area (Å²) in [6.07, 6.45) is 7.05. The summed E-state index contributed by atoms with van der Waals surface area (Å²) in [5, 5.41) is 0. The topological polar surface area (TPSA) is 17.1 Å². The van der Waals surface area contributed by atoms with Gasteiger partial charge in [-0.25, -0.2) is 0 Å². The molecule has 0 unspecified atom stereocenters. The number of hydrogen-bond acceptors (Lipinski definition) is 2. The van der Waals surface area contributed by atoms with Crippen LogP contribution < -0.4 is 0 Å². The van der Waals surface area contributed by atoms with Crippen LogP contribution in [-0.2, 0) is 4.79 Å². The van der Waals surface area contributed by atoms with Gasteiger partial charge >= 0.3 is 0 Å². The van der Waals surface area contributed by atoms with Crippen LogP contribution in [0, 0.1) is 0 Å². The normalized spacial score (nSPS) is 9.91. The number of aldehydes is 1. The summed E-state index contributed by atoms with van der Waals surface area (Å²) in [4.78, 5) is 9.93. The molecule has 66 valence electrons. The smallest absolute Gasteiger partial charge is 0.120 e. The van der Waals surface area contributed by atoms with Crippen LogP contribution in [-0.4, -0.2) is 17.8 Å². The highest BCUT2D eigenvalue weighted by Crippen LogP contribution is 2.07. The molecule has 0 aromatic rings. The maximum absolute atomic E-state index is 9.93. The molecule has 0 fully saturated rings. The first-order chi connectivity index (χ1) is 5.41. The largest absolute Gasteiger partial charge is 0.303 e. The molecule has 0 atom stereocenters. The fourth-order valence-electron chi connectivity index (χ4n) is 0.864.